The molecule has 0 N–H and O–H groups in total. The molecule has 1 spiro atoms. The molecule has 2 fully saturated rings. The normalized spacial score (nSPS) is 19.8. The van der Waals surface area contributed by atoms with E-state index in [-0.39, 0.29) is 54.7 Å². The van der Waals surface area contributed by atoms with Gasteiger partial charge in [0.2, 0.25) is 11.8 Å². The predicted molar refractivity (Wildman–Crippen MR) is 117 cm³/mol. The van der Waals surface area contributed by atoms with Gasteiger partial charge in [-0.1, -0.05) is 43.3 Å². The number of benzene rings is 2. The van der Waals surface area contributed by atoms with Gasteiger partial charge in [0.25, 0.3) is 0 Å². The van der Waals surface area contributed by atoms with Crippen LogP contribution in [0.3, 0.4) is 0 Å². The summed E-state index contributed by atoms with van der Waals surface area (Å²) in [4.78, 5) is 34.7. The number of carbonyl (C=O) groups is 2. The van der Waals surface area contributed by atoms with E-state index in [0.717, 1.165) is 23.8 Å². The van der Waals surface area contributed by atoms with E-state index in [4.69, 9.17) is 9.25 Å². The van der Waals surface area contributed by atoms with Crippen LogP contribution in [0.5, 0.6) is 5.75 Å². The zero-order valence-corrected chi connectivity index (χ0v) is 22.6. The van der Waals surface area contributed by atoms with Crippen molar-refractivity contribution in [1.82, 2.24) is 9.96 Å². The number of carbonyl (C=O) groups excluding carboxylic acids is 2. The summed E-state index contributed by atoms with van der Waals surface area (Å²) in [5.74, 6) is 0.0520. The molecule has 1 aliphatic heterocycles. The van der Waals surface area contributed by atoms with E-state index in [9.17, 15) is 9.59 Å². The van der Waals surface area contributed by atoms with Gasteiger partial charge < -0.3 is 25.9 Å². The van der Waals surface area contributed by atoms with Crippen molar-refractivity contribution < 1.29 is 50.0 Å². The minimum Gasteiger partial charge on any atom is -0.514 e. The number of rotatable bonds is 4. The number of para-hydroxylation sites is 2. The number of amides is 2. The van der Waals surface area contributed by atoms with E-state index in [1.165, 1.54) is 17.9 Å². The minimum atomic E-state index is -1.35. The third-order valence-corrected chi connectivity index (χ3v) is 7.13. The van der Waals surface area contributed by atoms with Crippen LogP contribution in [0.25, 0.3) is 11.0 Å². The maximum absolute atomic E-state index is 13.7. The Bertz CT molecular complexity index is 1180. The second-order valence-corrected chi connectivity index (χ2v) is 9.60. The third-order valence-electron chi connectivity index (χ3n) is 7.13. The van der Waals surface area contributed by atoms with Gasteiger partial charge in [0.1, 0.15) is 0 Å². The number of fused-ring (bicyclic) bond motifs is 2. The zero-order chi connectivity index (χ0) is 22.1. The first kappa shape index (κ1) is 22.6. The fourth-order valence-corrected chi connectivity index (χ4v) is 5.14. The van der Waals surface area contributed by atoms with Crippen LogP contribution >= 0.6 is 0 Å². The summed E-state index contributed by atoms with van der Waals surface area (Å²) in [5, 5.41) is 2.05. The number of hydrogen-bond donors (Lipinski definition) is 0. The van der Waals surface area contributed by atoms with Crippen molar-refractivity contribution in [3.05, 3.63) is 72.8 Å². The fourth-order valence-electron chi connectivity index (χ4n) is 5.14. The molecule has 0 saturated heterocycles. The van der Waals surface area contributed by atoms with Gasteiger partial charge in [-0.15, -0.1) is 17.5 Å². The third kappa shape index (κ3) is 3.70. The van der Waals surface area contributed by atoms with Gasteiger partial charge in [-0.05, 0) is 42.7 Å². The van der Waals surface area contributed by atoms with Gasteiger partial charge in [0.15, 0.2) is 5.75 Å². The monoisotopic (exact) mass is 666 g/mol. The molecule has 2 amide bonds. The summed E-state index contributed by atoms with van der Waals surface area (Å²) >= 11 is 0. The van der Waals surface area contributed by atoms with Gasteiger partial charge in [0, 0.05) is 17.2 Å². The number of nitrogens with zero attached hydrogens (tertiary/aromatic N) is 2. The second-order valence-electron chi connectivity index (χ2n) is 9.60. The van der Waals surface area contributed by atoms with E-state index in [1.807, 2.05) is 42.5 Å². The van der Waals surface area contributed by atoms with Crippen molar-refractivity contribution >= 4 is 22.8 Å². The molecule has 1 atom stereocenters. The Morgan fingerprint density at radius 3 is 2.55 bits per heavy atom. The molecule has 0 radical (unpaired) electrons. The smallest absolute Gasteiger partial charge is 0.514 e. The maximum Gasteiger partial charge on any atom is 2.00 e. The van der Waals surface area contributed by atoms with E-state index in [2.05, 4.69) is 13.0 Å². The quantitative estimate of drug-likeness (QED) is 0.384. The summed E-state index contributed by atoms with van der Waals surface area (Å²) in [6, 6.07) is 17.9. The molecule has 2 saturated carbocycles. The van der Waals surface area contributed by atoms with E-state index < -0.39 is 5.54 Å². The van der Waals surface area contributed by atoms with Crippen LogP contribution in [0.1, 0.15) is 48.7 Å². The Morgan fingerprint density at radius 1 is 1.15 bits per heavy atom. The zero-order valence-electron chi connectivity index (χ0n) is 18.5. The molecule has 7 heteroatoms. The predicted octanol–water partition coefficient (Wildman–Crippen LogP) is 4.55. The van der Waals surface area contributed by atoms with Crippen LogP contribution in [0.4, 0.5) is 0 Å². The van der Waals surface area contributed by atoms with Crippen molar-refractivity contribution in [3.63, 3.8) is 0 Å². The molecule has 1 unspecified atom stereocenters. The van der Waals surface area contributed by atoms with Crippen LogP contribution in [0.2, 0.25) is 0 Å². The van der Waals surface area contributed by atoms with Gasteiger partial charge in [-0.2, -0.15) is 5.06 Å². The van der Waals surface area contributed by atoms with Crippen molar-refractivity contribution in [2.75, 3.05) is 0 Å². The van der Waals surface area contributed by atoms with E-state index in [0.29, 0.717) is 23.3 Å². The van der Waals surface area contributed by atoms with Crippen LogP contribution in [-0.4, -0.2) is 33.4 Å². The first-order valence-corrected chi connectivity index (χ1v) is 11.0. The largest absolute Gasteiger partial charge is 2.00 e. The molecular formula is C26H24N2O4U. The fraction of sp³-hybridized carbons (Fsp3) is 0.346. The Balaban J connectivity index is 0.00000228. The average Bonchev–Trinajstić information content (AvgIpc) is 3.26. The SMILES string of the molecule is [CH2-]C(C)(C(=O)N1Cc2ccccc2O1)N(C(=O)c1[c-]c2ccccc2o1)C1CC2(CC2)C1.[U+2]. The van der Waals surface area contributed by atoms with Gasteiger partial charge in [0.05, 0.1) is 12.3 Å². The minimum absolute atomic E-state index is 0. The Labute approximate surface area is 216 Å². The Morgan fingerprint density at radius 2 is 1.85 bits per heavy atom. The maximum atomic E-state index is 13.7. The van der Waals surface area contributed by atoms with Gasteiger partial charge >= 0.3 is 31.1 Å². The number of furan rings is 1. The summed E-state index contributed by atoms with van der Waals surface area (Å²) in [6.45, 7) is 6.25. The van der Waals surface area contributed by atoms with Gasteiger partial charge in [-0.3, -0.25) is 4.79 Å². The van der Waals surface area contributed by atoms with Crippen molar-refractivity contribution in [2.24, 2.45) is 5.41 Å². The summed E-state index contributed by atoms with van der Waals surface area (Å²) in [5.41, 5.74) is 0.521. The molecule has 6 nitrogen and oxygen atoms in total. The van der Waals surface area contributed by atoms with Crippen LogP contribution in [0.15, 0.2) is 52.9 Å². The molecule has 2 aliphatic carbocycles. The Kier molecular flexibility index (Phi) is 5.42. The molecule has 6 rings (SSSR count). The summed E-state index contributed by atoms with van der Waals surface area (Å²) in [6.07, 6.45) is 4.15. The molecule has 3 aliphatic rings. The number of hydrogen-bond acceptors (Lipinski definition) is 4. The van der Waals surface area contributed by atoms with Crippen LogP contribution < -0.4 is 4.84 Å². The standard InChI is InChI=1S/C26H24N2O4.U/c1-25(2,24(30)27-16-18-8-4-6-10-21(18)32-27)28(19-14-26(15-19)11-12-26)23(29)22-13-17-7-3-5-9-20(17)31-22;/h3-10,19H,1,11-12,14-16H2,2H3;/q-2;+2. The van der Waals surface area contributed by atoms with E-state index >= 15 is 0 Å². The van der Waals surface area contributed by atoms with Crippen LogP contribution in [0, 0.1) is 49.5 Å². The topological polar surface area (TPSA) is 63.0 Å². The summed E-state index contributed by atoms with van der Waals surface area (Å²) in [7, 11) is 0. The number of hydroxylamine groups is 2. The molecule has 3 aromatic rings. The molecule has 166 valence electrons. The van der Waals surface area contributed by atoms with Crippen molar-refractivity contribution in [1.29, 1.82) is 0 Å². The van der Waals surface area contributed by atoms with E-state index in [1.54, 1.807) is 17.9 Å². The summed E-state index contributed by atoms with van der Waals surface area (Å²) < 4.78 is 5.82. The average molecular weight is 667 g/mol. The molecule has 0 bridgehead atoms. The van der Waals surface area contributed by atoms with Crippen molar-refractivity contribution in [3.8, 4) is 5.75 Å². The molecular weight excluding hydrogens is 642 g/mol. The van der Waals surface area contributed by atoms with Crippen LogP contribution in [-0.2, 0) is 11.3 Å². The Hall–Kier alpha value is -2.23. The molecule has 2 aromatic carbocycles. The molecule has 33 heavy (non-hydrogen) atoms. The first-order chi connectivity index (χ1) is 15.4. The first-order valence-electron chi connectivity index (χ1n) is 11.0. The van der Waals surface area contributed by atoms with Crippen molar-refractivity contribution in [2.45, 2.75) is 50.7 Å². The molecule has 1 aromatic heterocycles. The second kappa shape index (κ2) is 7.92. The van der Waals surface area contributed by atoms with Gasteiger partial charge in [-0.25, -0.2) is 0 Å². The molecule has 2 heterocycles.